The van der Waals surface area contributed by atoms with Gasteiger partial charge in [0.05, 0.1) is 0 Å². The van der Waals surface area contributed by atoms with Crippen LogP contribution in [0.3, 0.4) is 0 Å². The number of rotatable bonds is 2. The summed E-state index contributed by atoms with van der Waals surface area (Å²) in [6.07, 6.45) is 4.74. The molecular weight excluding hydrogens is 228 g/mol. The number of aromatic nitrogens is 3. The van der Waals surface area contributed by atoms with Gasteiger partial charge >= 0.3 is 0 Å². The van der Waals surface area contributed by atoms with Crippen molar-refractivity contribution in [2.75, 3.05) is 0 Å². The molecule has 0 aliphatic rings. The maximum absolute atomic E-state index is 10.2. The summed E-state index contributed by atoms with van der Waals surface area (Å²) in [5.41, 5.74) is 1.32. The van der Waals surface area contributed by atoms with E-state index in [9.17, 15) is 4.79 Å². The molecule has 0 aliphatic carbocycles. The smallest absolute Gasteiger partial charge is 0.242 e. The number of hydrogen-bond acceptors (Lipinski definition) is 4. The number of isocyanates is 1. The van der Waals surface area contributed by atoms with E-state index in [1.165, 1.54) is 10.8 Å². The zero-order chi connectivity index (χ0) is 11.5. The highest BCUT2D eigenvalue weighted by molar-refractivity contribution is 6.35. The third-order valence-corrected chi connectivity index (χ3v) is 2.40. The molecule has 0 saturated carbocycles. The van der Waals surface area contributed by atoms with Crippen LogP contribution in [0.1, 0.15) is 0 Å². The average molecular weight is 235 g/mol. The molecule has 0 bridgehead atoms. The molecule has 0 saturated heterocycles. The third kappa shape index (κ3) is 1.74. The first-order valence-electron chi connectivity index (χ1n) is 4.45. The average Bonchev–Trinajstić information content (AvgIpc) is 2.59. The van der Waals surface area contributed by atoms with Crippen LogP contribution in [0.15, 0.2) is 29.5 Å². The van der Waals surface area contributed by atoms with Gasteiger partial charge in [0.2, 0.25) is 6.08 Å². The number of halogens is 1. The van der Waals surface area contributed by atoms with E-state index in [0.717, 1.165) is 5.56 Å². The van der Waals surface area contributed by atoms with Crippen LogP contribution < -0.4 is 0 Å². The number of hydrogen-bond donors (Lipinski definition) is 0. The molecule has 0 amide bonds. The molecule has 16 heavy (non-hydrogen) atoms. The lowest BCUT2D eigenvalue weighted by atomic mass is 10.2. The molecule has 0 atom stereocenters. The highest BCUT2D eigenvalue weighted by Crippen LogP contribution is 2.33. The number of carbonyl (C=O) groups excluding carboxylic acids is 1. The van der Waals surface area contributed by atoms with Crippen molar-refractivity contribution in [2.45, 2.75) is 0 Å². The molecule has 0 aromatic carbocycles. The largest absolute Gasteiger partial charge is 0.264 e. The lowest BCUT2D eigenvalue weighted by molar-refractivity contribution is 0.564. The standard InChI is InChI=1S/C10H7ClN4O/c1-15-10(13-6-16)8(11)9(14-15)7-3-2-4-12-5-7/h2-5H,1H3. The van der Waals surface area contributed by atoms with Gasteiger partial charge in [-0.2, -0.15) is 5.10 Å². The lowest BCUT2D eigenvalue weighted by Gasteiger charge is -1.94. The van der Waals surface area contributed by atoms with Crippen molar-refractivity contribution >= 4 is 23.5 Å². The van der Waals surface area contributed by atoms with Crippen LogP contribution in [-0.2, 0) is 11.8 Å². The molecule has 0 spiro atoms. The van der Waals surface area contributed by atoms with Crippen LogP contribution in [0, 0.1) is 0 Å². The predicted molar refractivity (Wildman–Crippen MR) is 59.2 cm³/mol. The minimum Gasteiger partial charge on any atom is -0.264 e. The fourth-order valence-corrected chi connectivity index (χ4v) is 1.65. The first-order valence-corrected chi connectivity index (χ1v) is 4.82. The van der Waals surface area contributed by atoms with E-state index >= 15 is 0 Å². The van der Waals surface area contributed by atoms with Crippen LogP contribution >= 0.6 is 11.6 Å². The molecule has 0 aliphatic heterocycles. The van der Waals surface area contributed by atoms with Gasteiger partial charge in [-0.25, -0.2) is 9.48 Å². The Morgan fingerprint density at radius 3 is 3.00 bits per heavy atom. The van der Waals surface area contributed by atoms with E-state index in [1.54, 1.807) is 25.5 Å². The summed E-state index contributed by atoms with van der Waals surface area (Å²) in [5.74, 6) is 0.288. The summed E-state index contributed by atoms with van der Waals surface area (Å²) < 4.78 is 1.43. The van der Waals surface area contributed by atoms with Gasteiger partial charge in [0.1, 0.15) is 10.7 Å². The Kier molecular flexibility index (Phi) is 2.81. The third-order valence-electron chi connectivity index (χ3n) is 2.05. The Hall–Kier alpha value is -1.97. The highest BCUT2D eigenvalue weighted by atomic mass is 35.5. The summed E-state index contributed by atoms with van der Waals surface area (Å²) in [6.45, 7) is 0. The van der Waals surface area contributed by atoms with Crippen LogP contribution in [0.5, 0.6) is 0 Å². The summed E-state index contributed by atoms with van der Waals surface area (Å²) in [6, 6.07) is 3.61. The number of pyridine rings is 1. The zero-order valence-corrected chi connectivity index (χ0v) is 9.14. The zero-order valence-electron chi connectivity index (χ0n) is 8.38. The van der Waals surface area contributed by atoms with Gasteiger partial charge in [-0.3, -0.25) is 4.98 Å². The second-order valence-electron chi connectivity index (χ2n) is 3.05. The van der Waals surface area contributed by atoms with Crippen molar-refractivity contribution in [2.24, 2.45) is 12.0 Å². The normalized spacial score (nSPS) is 9.88. The van der Waals surface area contributed by atoms with Crippen molar-refractivity contribution in [3.05, 3.63) is 29.5 Å². The quantitative estimate of drug-likeness (QED) is 0.591. The van der Waals surface area contributed by atoms with Crippen LogP contribution in [0.2, 0.25) is 5.02 Å². The Bertz CT molecular complexity index is 558. The Balaban J connectivity index is 2.60. The minimum atomic E-state index is 0.288. The van der Waals surface area contributed by atoms with Gasteiger partial charge in [0.25, 0.3) is 0 Å². The van der Waals surface area contributed by atoms with E-state index in [2.05, 4.69) is 15.1 Å². The molecule has 2 aromatic rings. The number of aryl methyl sites for hydroxylation is 1. The van der Waals surface area contributed by atoms with Crippen LogP contribution in [-0.4, -0.2) is 20.8 Å². The predicted octanol–water partition coefficient (Wildman–Crippen LogP) is 2.10. The molecule has 0 fully saturated rings. The molecule has 0 radical (unpaired) electrons. The van der Waals surface area contributed by atoms with E-state index in [1.807, 2.05) is 6.07 Å². The molecule has 80 valence electrons. The van der Waals surface area contributed by atoms with E-state index in [0.29, 0.717) is 10.7 Å². The van der Waals surface area contributed by atoms with Crippen molar-refractivity contribution in [3.8, 4) is 11.3 Å². The lowest BCUT2D eigenvalue weighted by Crippen LogP contribution is -1.89. The van der Waals surface area contributed by atoms with Crippen LogP contribution in [0.4, 0.5) is 5.82 Å². The maximum atomic E-state index is 10.2. The van der Waals surface area contributed by atoms with Crippen molar-refractivity contribution in [3.63, 3.8) is 0 Å². The SMILES string of the molecule is Cn1nc(-c2cccnc2)c(Cl)c1N=C=O. The molecule has 5 nitrogen and oxygen atoms in total. The van der Waals surface area contributed by atoms with E-state index < -0.39 is 0 Å². The van der Waals surface area contributed by atoms with Gasteiger partial charge in [0.15, 0.2) is 5.82 Å². The number of aliphatic imine (C=N–C) groups is 1. The second kappa shape index (κ2) is 4.26. The van der Waals surface area contributed by atoms with Gasteiger partial charge in [-0.15, -0.1) is 4.99 Å². The minimum absolute atomic E-state index is 0.288. The second-order valence-corrected chi connectivity index (χ2v) is 3.43. The molecular formula is C10H7ClN4O. The monoisotopic (exact) mass is 234 g/mol. The van der Waals surface area contributed by atoms with E-state index in [4.69, 9.17) is 11.6 Å². The maximum Gasteiger partial charge on any atom is 0.242 e. The molecule has 2 rings (SSSR count). The number of nitrogens with zero attached hydrogens (tertiary/aromatic N) is 4. The van der Waals surface area contributed by atoms with E-state index in [-0.39, 0.29) is 5.82 Å². The first-order chi connectivity index (χ1) is 7.74. The van der Waals surface area contributed by atoms with Gasteiger partial charge < -0.3 is 0 Å². The van der Waals surface area contributed by atoms with Crippen molar-refractivity contribution < 1.29 is 4.79 Å². The fraction of sp³-hybridized carbons (Fsp3) is 0.100. The Morgan fingerprint density at radius 1 is 1.56 bits per heavy atom. The Labute approximate surface area is 96.4 Å². The fourth-order valence-electron chi connectivity index (χ4n) is 1.34. The Morgan fingerprint density at radius 2 is 2.38 bits per heavy atom. The summed E-state index contributed by atoms with van der Waals surface area (Å²) in [4.78, 5) is 17.7. The topological polar surface area (TPSA) is 60.1 Å². The molecule has 2 heterocycles. The first kappa shape index (κ1) is 10.5. The molecule has 0 unspecified atom stereocenters. The molecule has 0 N–H and O–H groups in total. The van der Waals surface area contributed by atoms with Crippen LogP contribution in [0.25, 0.3) is 11.3 Å². The van der Waals surface area contributed by atoms with Gasteiger partial charge in [-0.05, 0) is 12.1 Å². The van der Waals surface area contributed by atoms with Gasteiger partial charge in [0, 0.05) is 25.0 Å². The molecule has 6 heteroatoms. The summed E-state index contributed by atoms with van der Waals surface area (Å²) in [5, 5.41) is 4.49. The molecule has 2 aromatic heterocycles. The van der Waals surface area contributed by atoms with Crippen molar-refractivity contribution in [1.29, 1.82) is 0 Å². The van der Waals surface area contributed by atoms with Crippen molar-refractivity contribution in [1.82, 2.24) is 14.8 Å². The summed E-state index contributed by atoms with van der Waals surface area (Å²) in [7, 11) is 1.65. The summed E-state index contributed by atoms with van der Waals surface area (Å²) >= 11 is 6.06. The highest BCUT2D eigenvalue weighted by Gasteiger charge is 2.15. The van der Waals surface area contributed by atoms with Gasteiger partial charge in [-0.1, -0.05) is 11.6 Å².